The molecule has 2 aromatic carbocycles. The summed E-state index contributed by atoms with van der Waals surface area (Å²) >= 11 is 11.7. The normalized spacial score (nSPS) is 18.0. The fourth-order valence-electron chi connectivity index (χ4n) is 2.05. The molecule has 0 saturated carbocycles. The highest BCUT2D eigenvalue weighted by molar-refractivity contribution is 6.30. The molecular formula is C15H11Cl2NO. The van der Waals surface area contributed by atoms with E-state index < -0.39 is 0 Å². The molecule has 0 saturated heterocycles. The molecule has 4 heteroatoms. The predicted octanol–water partition coefficient (Wildman–Crippen LogP) is 4.86. The van der Waals surface area contributed by atoms with Gasteiger partial charge < -0.3 is 4.84 Å². The Morgan fingerprint density at radius 1 is 0.895 bits per heavy atom. The summed E-state index contributed by atoms with van der Waals surface area (Å²) in [6, 6.07) is 15.3. The molecule has 0 spiro atoms. The van der Waals surface area contributed by atoms with Crippen LogP contribution in [0.25, 0.3) is 0 Å². The zero-order chi connectivity index (χ0) is 13.2. The van der Waals surface area contributed by atoms with Crippen LogP contribution in [0.5, 0.6) is 0 Å². The Bertz CT molecular complexity index is 605. The summed E-state index contributed by atoms with van der Waals surface area (Å²) < 4.78 is 0. The smallest absolute Gasteiger partial charge is 0.158 e. The Morgan fingerprint density at radius 2 is 1.47 bits per heavy atom. The molecule has 1 unspecified atom stereocenters. The molecule has 0 fully saturated rings. The number of halogens is 2. The topological polar surface area (TPSA) is 21.6 Å². The van der Waals surface area contributed by atoms with E-state index in [1.807, 2.05) is 48.5 Å². The van der Waals surface area contributed by atoms with Gasteiger partial charge in [0.1, 0.15) is 0 Å². The second-order valence-electron chi connectivity index (χ2n) is 4.39. The Hall–Kier alpha value is -1.51. The SMILES string of the molecule is Clc1ccc(C2=NOC(c3ccc(Cl)cc3)C2)cc1. The van der Waals surface area contributed by atoms with Crippen LogP contribution in [-0.2, 0) is 4.84 Å². The predicted molar refractivity (Wildman–Crippen MR) is 77.9 cm³/mol. The van der Waals surface area contributed by atoms with Gasteiger partial charge in [-0.2, -0.15) is 0 Å². The number of rotatable bonds is 2. The van der Waals surface area contributed by atoms with Gasteiger partial charge in [-0.15, -0.1) is 0 Å². The Labute approximate surface area is 121 Å². The van der Waals surface area contributed by atoms with Crippen molar-refractivity contribution in [2.45, 2.75) is 12.5 Å². The molecular weight excluding hydrogens is 281 g/mol. The fraction of sp³-hybridized carbons (Fsp3) is 0.133. The molecule has 2 nitrogen and oxygen atoms in total. The van der Waals surface area contributed by atoms with E-state index in [0.29, 0.717) is 0 Å². The maximum Gasteiger partial charge on any atom is 0.158 e. The lowest BCUT2D eigenvalue weighted by molar-refractivity contribution is 0.0857. The van der Waals surface area contributed by atoms with Gasteiger partial charge in [-0.25, -0.2) is 0 Å². The van der Waals surface area contributed by atoms with Crippen LogP contribution in [0, 0.1) is 0 Å². The maximum absolute atomic E-state index is 5.88. The molecule has 0 N–H and O–H groups in total. The second kappa shape index (κ2) is 5.24. The van der Waals surface area contributed by atoms with Gasteiger partial charge in [0, 0.05) is 16.5 Å². The molecule has 0 bridgehead atoms. The molecule has 1 aliphatic heterocycles. The molecule has 19 heavy (non-hydrogen) atoms. The summed E-state index contributed by atoms with van der Waals surface area (Å²) in [6.07, 6.45) is 0.714. The van der Waals surface area contributed by atoms with Crippen LogP contribution in [0.1, 0.15) is 23.7 Å². The lowest BCUT2D eigenvalue weighted by Gasteiger charge is -2.08. The van der Waals surface area contributed by atoms with E-state index in [1.54, 1.807) is 0 Å². The highest BCUT2D eigenvalue weighted by atomic mass is 35.5. The van der Waals surface area contributed by atoms with E-state index in [1.165, 1.54) is 0 Å². The third-order valence-corrected chi connectivity index (χ3v) is 3.59. The average molecular weight is 292 g/mol. The number of hydrogen-bond donors (Lipinski definition) is 0. The quantitative estimate of drug-likeness (QED) is 0.774. The van der Waals surface area contributed by atoms with Gasteiger partial charge in [-0.05, 0) is 35.4 Å². The summed E-state index contributed by atoms with van der Waals surface area (Å²) in [7, 11) is 0. The van der Waals surface area contributed by atoms with Crippen molar-refractivity contribution in [1.82, 2.24) is 0 Å². The number of nitrogens with zero attached hydrogens (tertiary/aromatic N) is 1. The fourth-order valence-corrected chi connectivity index (χ4v) is 2.30. The first-order valence-corrected chi connectivity index (χ1v) is 6.72. The number of benzene rings is 2. The van der Waals surface area contributed by atoms with Crippen molar-refractivity contribution >= 4 is 28.9 Å². The molecule has 0 radical (unpaired) electrons. The highest BCUT2D eigenvalue weighted by Crippen LogP contribution is 2.30. The van der Waals surface area contributed by atoms with Gasteiger partial charge in [0.25, 0.3) is 0 Å². The zero-order valence-electron chi connectivity index (χ0n) is 10.0. The van der Waals surface area contributed by atoms with E-state index in [2.05, 4.69) is 5.16 Å². The highest BCUT2D eigenvalue weighted by Gasteiger charge is 2.23. The van der Waals surface area contributed by atoms with Crippen LogP contribution in [-0.4, -0.2) is 5.71 Å². The largest absolute Gasteiger partial charge is 0.387 e. The van der Waals surface area contributed by atoms with Gasteiger partial charge >= 0.3 is 0 Å². The minimum atomic E-state index is -0.0389. The maximum atomic E-state index is 5.88. The molecule has 1 aliphatic rings. The van der Waals surface area contributed by atoms with Crippen LogP contribution in [0.3, 0.4) is 0 Å². The van der Waals surface area contributed by atoms with Gasteiger partial charge in [0.2, 0.25) is 0 Å². The number of oxime groups is 1. The third-order valence-electron chi connectivity index (χ3n) is 3.09. The minimum Gasteiger partial charge on any atom is -0.387 e. The molecule has 0 aromatic heterocycles. The molecule has 0 aliphatic carbocycles. The van der Waals surface area contributed by atoms with Gasteiger partial charge in [0.15, 0.2) is 6.10 Å². The molecule has 1 heterocycles. The van der Waals surface area contributed by atoms with Gasteiger partial charge in [0.05, 0.1) is 5.71 Å². The van der Waals surface area contributed by atoms with E-state index in [0.717, 1.165) is 33.3 Å². The molecule has 2 aromatic rings. The zero-order valence-corrected chi connectivity index (χ0v) is 11.5. The molecule has 3 rings (SSSR count). The minimum absolute atomic E-state index is 0.0389. The third kappa shape index (κ3) is 2.75. The second-order valence-corrected chi connectivity index (χ2v) is 5.27. The summed E-state index contributed by atoms with van der Waals surface area (Å²) in [4.78, 5) is 5.49. The first kappa shape index (κ1) is 12.5. The van der Waals surface area contributed by atoms with Crippen LogP contribution in [0.4, 0.5) is 0 Å². The first-order valence-electron chi connectivity index (χ1n) is 5.96. The van der Waals surface area contributed by atoms with Crippen molar-refractivity contribution in [2.24, 2.45) is 5.16 Å². The van der Waals surface area contributed by atoms with E-state index >= 15 is 0 Å². The standard InChI is InChI=1S/C15H11Cl2NO/c16-12-5-1-10(2-6-12)14-9-15(19-18-14)11-3-7-13(17)8-4-11/h1-8,15H,9H2. The molecule has 1 atom stereocenters. The van der Waals surface area contributed by atoms with Crippen molar-refractivity contribution in [1.29, 1.82) is 0 Å². The molecule has 96 valence electrons. The first-order chi connectivity index (χ1) is 9.22. The van der Waals surface area contributed by atoms with E-state index in [4.69, 9.17) is 28.0 Å². The van der Waals surface area contributed by atoms with Crippen LogP contribution in [0.15, 0.2) is 53.7 Å². The van der Waals surface area contributed by atoms with Gasteiger partial charge in [-0.3, -0.25) is 0 Å². The number of hydrogen-bond acceptors (Lipinski definition) is 2. The lowest BCUT2D eigenvalue weighted by Crippen LogP contribution is -2.01. The Morgan fingerprint density at radius 3 is 2.11 bits per heavy atom. The van der Waals surface area contributed by atoms with Crippen LogP contribution >= 0.6 is 23.2 Å². The van der Waals surface area contributed by atoms with Crippen molar-refractivity contribution in [2.75, 3.05) is 0 Å². The molecule has 0 amide bonds. The van der Waals surface area contributed by atoms with E-state index in [-0.39, 0.29) is 6.10 Å². The van der Waals surface area contributed by atoms with Crippen molar-refractivity contribution < 1.29 is 4.84 Å². The average Bonchev–Trinajstić information content (AvgIpc) is 2.90. The van der Waals surface area contributed by atoms with Crippen molar-refractivity contribution in [3.05, 3.63) is 69.7 Å². The Kier molecular flexibility index (Phi) is 3.45. The van der Waals surface area contributed by atoms with Crippen molar-refractivity contribution in [3.63, 3.8) is 0 Å². The summed E-state index contributed by atoms with van der Waals surface area (Å²) in [6.45, 7) is 0. The summed E-state index contributed by atoms with van der Waals surface area (Å²) in [5.41, 5.74) is 3.06. The van der Waals surface area contributed by atoms with Gasteiger partial charge in [-0.1, -0.05) is 52.6 Å². The van der Waals surface area contributed by atoms with Crippen LogP contribution in [0.2, 0.25) is 10.0 Å². The van der Waals surface area contributed by atoms with Crippen molar-refractivity contribution in [3.8, 4) is 0 Å². The summed E-state index contributed by atoms with van der Waals surface area (Å²) in [5.74, 6) is 0. The Balaban J connectivity index is 1.76. The summed E-state index contributed by atoms with van der Waals surface area (Å²) in [5, 5.41) is 5.60. The monoisotopic (exact) mass is 291 g/mol. The van der Waals surface area contributed by atoms with E-state index in [9.17, 15) is 0 Å². The lowest BCUT2D eigenvalue weighted by atomic mass is 10.0. The van der Waals surface area contributed by atoms with Crippen LogP contribution < -0.4 is 0 Å².